The number of hydrogen-bond acceptors (Lipinski definition) is 5. The van der Waals surface area contributed by atoms with Crippen molar-refractivity contribution in [3.8, 4) is 0 Å². The highest BCUT2D eigenvalue weighted by Gasteiger charge is 2.15. The van der Waals surface area contributed by atoms with Crippen molar-refractivity contribution in [3.63, 3.8) is 0 Å². The zero-order valence-electron chi connectivity index (χ0n) is 10.1. The Hall–Kier alpha value is -2.71. The van der Waals surface area contributed by atoms with Crippen LogP contribution >= 0.6 is 0 Å². The fourth-order valence-corrected chi connectivity index (χ4v) is 1.61. The largest absolute Gasteiger partial charge is 0.477 e. The van der Waals surface area contributed by atoms with Crippen molar-refractivity contribution < 1.29 is 14.7 Å². The lowest BCUT2D eigenvalue weighted by Gasteiger charge is -2.11. The van der Waals surface area contributed by atoms with Gasteiger partial charge in [-0.25, -0.2) is 4.79 Å². The van der Waals surface area contributed by atoms with Gasteiger partial charge in [0.1, 0.15) is 12.2 Å². The van der Waals surface area contributed by atoms with E-state index in [2.05, 4.69) is 25.9 Å². The third kappa shape index (κ3) is 2.94. The minimum Gasteiger partial charge on any atom is -0.477 e. The van der Waals surface area contributed by atoms with Gasteiger partial charge < -0.3 is 15.0 Å². The zero-order valence-corrected chi connectivity index (χ0v) is 10.1. The number of nitrogens with zero attached hydrogens (tertiary/aromatic N) is 4. The van der Waals surface area contributed by atoms with Gasteiger partial charge in [0, 0.05) is 6.20 Å². The molecular weight excluding hydrogens is 252 g/mol. The highest BCUT2D eigenvalue weighted by molar-refractivity contribution is 5.86. The number of H-pyrrole nitrogens is 1. The smallest absolute Gasteiger partial charge is 0.352 e. The molecule has 2 heterocycles. The number of aromatic amines is 1. The van der Waals surface area contributed by atoms with Gasteiger partial charge in [-0.1, -0.05) is 5.21 Å². The lowest BCUT2D eigenvalue weighted by molar-refractivity contribution is -0.122. The molecule has 0 aliphatic heterocycles. The fourth-order valence-electron chi connectivity index (χ4n) is 1.61. The maximum Gasteiger partial charge on any atom is 0.352 e. The van der Waals surface area contributed by atoms with Gasteiger partial charge in [-0.2, -0.15) is 5.21 Å². The van der Waals surface area contributed by atoms with Crippen molar-refractivity contribution in [1.82, 2.24) is 30.5 Å². The summed E-state index contributed by atoms with van der Waals surface area (Å²) in [6.07, 6.45) is 1.53. The molecule has 0 aliphatic carbocycles. The van der Waals surface area contributed by atoms with Crippen LogP contribution in [0.1, 0.15) is 29.3 Å². The molecule has 0 fully saturated rings. The fraction of sp³-hybridized carbons (Fsp3) is 0.300. The van der Waals surface area contributed by atoms with Gasteiger partial charge >= 0.3 is 5.97 Å². The van der Waals surface area contributed by atoms with Crippen LogP contribution in [0.2, 0.25) is 0 Å². The summed E-state index contributed by atoms with van der Waals surface area (Å²) >= 11 is 0. The van der Waals surface area contributed by atoms with Crippen molar-refractivity contribution in [2.24, 2.45) is 0 Å². The quantitative estimate of drug-likeness (QED) is 0.673. The first-order chi connectivity index (χ1) is 9.08. The molecule has 9 nitrogen and oxygen atoms in total. The van der Waals surface area contributed by atoms with E-state index < -0.39 is 12.0 Å². The number of carbonyl (C=O) groups excluding carboxylic acids is 1. The second-order valence-electron chi connectivity index (χ2n) is 3.89. The second-order valence-corrected chi connectivity index (χ2v) is 3.89. The summed E-state index contributed by atoms with van der Waals surface area (Å²) in [5.41, 5.74) is 0.0577. The second kappa shape index (κ2) is 5.29. The van der Waals surface area contributed by atoms with Gasteiger partial charge in [0.15, 0.2) is 5.82 Å². The van der Waals surface area contributed by atoms with E-state index >= 15 is 0 Å². The average Bonchev–Trinajstić information content (AvgIpc) is 2.98. The van der Waals surface area contributed by atoms with E-state index in [4.69, 9.17) is 5.11 Å². The molecule has 2 aromatic heterocycles. The van der Waals surface area contributed by atoms with E-state index in [-0.39, 0.29) is 18.1 Å². The number of carboxylic acids is 1. The molecule has 3 N–H and O–H groups in total. The molecule has 0 bridgehead atoms. The Morgan fingerprint density at radius 2 is 2.37 bits per heavy atom. The SMILES string of the molecule is CC(NC(=O)Cn1cccc1C(=O)O)c1nn[nH]n1. The number of hydrogen-bond donors (Lipinski definition) is 3. The Labute approximate surface area is 107 Å². The van der Waals surface area contributed by atoms with Crippen LogP contribution in [-0.2, 0) is 11.3 Å². The van der Waals surface area contributed by atoms with Crippen LogP contribution in [0.15, 0.2) is 18.3 Å². The summed E-state index contributed by atoms with van der Waals surface area (Å²) in [5, 5.41) is 24.7. The summed E-state index contributed by atoms with van der Waals surface area (Å²) < 4.78 is 1.35. The summed E-state index contributed by atoms with van der Waals surface area (Å²) in [6, 6.07) is 2.59. The Kier molecular flexibility index (Phi) is 3.55. The van der Waals surface area contributed by atoms with Gasteiger partial charge in [-0.15, -0.1) is 10.2 Å². The predicted molar refractivity (Wildman–Crippen MR) is 62.1 cm³/mol. The summed E-state index contributed by atoms with van der Waals surface area (Å²) in [4.78, 5) is 22.7. The van der Waals surface area contributed by atoms with E-state index in [1.165, 1.54) is 16.8 Å². The van der Waals surface area contributed by atoms with Gasteiger partial charge in [0.25, 0.3) is 0 Å². The van der Waals surface area contributed by atoms with Crippen molar-refractivity contribution in [1.29, 1.82) is 0 Å². The first-order valence-electron chi connectivity index (χ1n) is 5.49. The van der Waals surface area contributed by atoms with E-state index in [1.807, 2.05) is 0 Å². The minimum atomic E-state index is -1.08. The molecule has 0 aliphatic rings. The molecule has 2 aromatic rings. The minimum absolute atomic E-state index is 0.0577. The normalized spacial score (nSPS) is 12.1. The Morgan fingerprint density at radius 1 is 1.58 bits per heavy atom. The molecule has 0 spiro atoms. The van der Waals surface area contributed by atoms with Crippen LogP contribution in [0.5, 0.6) is 0 Å². The van der Waals surface area contributed by atoms with Crippen LogP contribution in [-0.4, -0.2) is 42.2 Å². The first kappa shape index (κ1) is 12.7. The van der Waals surface area contributed by atoms with E-state index in [0.717, 1.165) is 0 Å². The van der Waals surface area contributed by atoms with Crippen LogP contribution in [0.4, 0.5) is 0 Å². The molecular formula is C10H12N6O3. The lowest BCUT2D eigenvalue weighted by atomic mass is 10.3. The highest BCUT2D eigenvalue weighted by Crippen LogP contribution is 2.05. The molecule has 0 aromatic carbocycles. The first-order valence-corrected chi connectivity index (χ1v) is 5.49. The zero-order chi connectivity index (χ0) is 13.8. The van der Waals surface area contributed by atoms with Crippen molar-refractivity contribution in [3.05, 3.63) is 29.8 Å². The number of amides is 1. The molecule has 100 valence electrons. The van der Waals surface area contributed by atoms with Crippen molar-refractivity contribution >= 4 is 11.9 Å². The number of tetrazole rings is 1. The number of carbonyl (C=O) groups is 2. The molecule has 0 saturated heterocycles. The predicted octanol–water partition coefficient (Wildman–Crippen LogP) is -0.423. The number of carboxylic acid groups (broad SMARTS) is 1. The Balaban J connectivity index is 1.98. The molecule has 0 radical (unpaired) electrons. The van der Waals surface area contributed by atoms with E-state index in [0.29, 0.717) is 5.82 Å². The highest BCUT2D eigenvalue weighted by atomic mass is 16.4. The number of nitrogens with one attached hydrogen (secondary N) is 2. The van der Waals surface area contributed by atoms with Gasteiger partial charge in [-0.3, -0.25) is 4.79 Å². The summed E-state index contributed by atoms with van der Waals surface area (Å²) in [6.45, 7) is 1.62. The molecule has 1 unspecified atom stereocenters. The van der Waals surface area contributed by atoms with Gasteiger partial charge in [0.2, 0.25) is 5.91 Å². The molecule has 1 atom stereocenters. The standard InChI is InChI=1S/C10H12N6O3/c1-6(9-12-14-15-13-9)11-8(17)5-16-4-2-3-7(16)10(18)19/h2-4,6H,5H2,1H3,(H,11,17)(H,18,19)(H,12,13,14,15). The average molecular weight is 264 g/mol. The van der Waals surface area contributed by atoms with Gasteiger partial charge in [0.05, 0.1) is 6.04 Å². The van der Waals surface area contributed by atoms with Crippen molar-refractivity contribution in [2.75, 3.05) is 0 Å². The molecule has 1 amide bonds. The van der Waals surface area contributed by atoms with Crippen LogP contribution in [0.25, 0.3) is 0 Å². The lowest BCUT2D eigenvalue weighted by Crippen LogP contribution is -2.31. The molecule has 2 rings (SSSR count). The van der Waals surface area contributed by atoms with Crippen molar-refractivity contribution in [2.45, 2.75) is 19.5 Å². The van der Waals surface area contributed by atoms with E-state index in [1.54, 1.807) is 13.0 Å². The monoisotopic (exact) mass is 264 g/mol. The third-order valence-electron chi connectivity index (χ3n) is 2.49. The molecule has 19 heavy (non-hydrogen) atoms. The molecule has 0 saturated carbocycles. The number of aromatic carboxylic acids is 1. The molecule has 9 heteroatoms. The Bertz CT molecular complexity index is 576. The third-order valence-corrected chi connectivity index (χ3v) is 2.49. The summed E-state index contributed by atoms with van der Waals surface area (Å²) in [5.74, 6) is -1.06. The van der Waals surface area contributed by atoms with Gasteiger partial charge in [-0.05, 0) is 19.1 Å². The topological polar surface area (TPSA) is 126 Å². The maximum absolute atomic E-state index is 11.8. The number of aromatic nitrogens is 5. The Morgan fingerprint density at radius 3 is 3.00 bits per heavy atom. The summed E-state index contributed by atoms with van der Waals surface area (Å²) in [7, 11) is 0. The van der Waals surface area contributed by atoms with Crippen LogP contribution in [0.3, 0.4) is 0 Å². The van der Waals surface area contributed by atoms with E-state index in [9.17, 15) is 9.59 Å². The van der Waals surface area contributed by atoms with Crippen LogP contribution < -0.4 is 5.32 Å². The van der Waals surface area contributed by atoms with Crippen LogP contribution in [0, 0.1) is 0 Å². The maximum atomic E-state index is 11.8. The number of rotatable bonds is 5.